The Labute approximate surface area is 399 Å². The van der Waals surface area contributed by atoms with Gasteiger partial charge in [0.2, 0.25) is 0 Å². The third kappa shape index (κ3) is 9.17. The van der Waals surface area contributed by atoms with Gasteiger partial charge in [-0.25, -0.2) is 0 Å². The highest BCUT2D eigenvalue weighted by atomic mass is 16.3. The summed E-state index contributed by atoms with van der Waals surface area (Å²) in [5.74, 6) is -0.0911. The van der Waals surface area contributed by atoms with E-state index >= 15 is 0 Å². The number of aromatic hydroxyl groups is 7. The van der Waals surface area contributed by atoms with E-state index in [4.69, 9.17) is 0 Å². The van der Waals surface area contributed by atoms with Crippen LogP contribution in [0.15, 0.2) is 224 Å². The molecule has 7 heteroatoms. The van der Waals surface area contributed by atoms with Crippen LogP contribution in [-0.4, -0.2) is 35.7 Å². The lowest BCUT2D eigenvalue weighted by Gasteiger charge is -2.23. The molecule has 336 valence electrons. The van der Waals surface area contributed by atoms with Crippen LogP contribution in [0.1, 0.15) is 45.2 Å². The van der Waals surface area contributed by atoms with Crippen LogP contribution in [0.4, 0.5) is 0 Å². The predicted octanol–water partition coefficient (Wildman–Crippen LogP) is 14.3. The maximum Gasteiger partial charge on any atom is 0.119 e. The van der Waals surface area contributed by atoms with Crippen molar-refractivity contribution in [1.29, 1.82) is 0 Å². The van der Waals surface area contributed by atoms with Crippen molar-refractivity contribution in [2.24, 2.45) is 0 Å². The van der Waals surface area contributed by atoms with Crippen LogP contribution in [0.3, 0.4) is 0 Å². The van der Waals surface area contributed by atoms with Gasteiger partial charge in [-0.05, 0) is 157 Å². The fourth-order valence-electron chi connectivity index (χ4n) is 9.22. The molecule has 0 saturated carbocycles. The number of benzene rings is 10. The Kier molecular flexibility index (Phi) is 11.8. The fraction of sp³-hybridized carbons (Fsp3) is 0.0323. The Morgan fingerprint density at radius 2 is 0.464 bits per heavy atom. The van der Waals surface area contributed by atoms with Crippen molar-refractivity contribution >= 4 is 0 Å². The van der Waals surface area contributed by atoms with Crippen molar-refractivity contribution in [3.05, 3.63) is 258 Å². The van der Waals surface area contributed by atoms with Gasteiger partial charge in [0.25, 0.3) is 0 Å². The zero-order valence-electron chi connectivity index (χ0n) is 37.1. The van der Waals surface area contributed by atoms with Gasteiger partial charge < -0.3 is 35.7 Å². The van der Waals surface area contributed by atoms with Crippen molar-refractivity contribution in [3.63, 3.8) is 0 Å². The topological polar surface area (TPSA) is 142 Å². The van der Waals surface area contributed by atoms with Crippen molar-refractivity contribution in [2.45, 2.75) is 11.8 Å². The lowest BCUT2D eigenvalue weighted by Crippen LogP contribution is -2.05. The molecule has 0 spiro atoms. The van der Waals surface area contributed by atoms with E-state index in [1.807, 2.05) is 121 Å². The van der Waals surface area contributed by atoms with E-state index in [-0.39, 0.29) is 46.2 Å². The summed E-state index contributed by atoms with van der Waals surface area (Å²) in [4.78, 5) is 0. The molecule has 0 amide bonds. The minimum absolute atomic E-state index is 0.0550. The summed E-state index contributed by atoms with van der Waals surface area (Å²) in [6, 6.07) is 68.8. The summed E-state index contributed by atoms with van der Waals surface area (Å²) in [5.41, 5.74) is 13.5. The monoisotopic (exact) mass is 902 g/mol. The van der Waals surface area contributed by atoms with Gasteiger partial charge in [-0.15, -0.1) is 0 Å². The second kappa shape index (κ2) is 18.6. The predicted molar refractivity (Wildman–Crippen MR) is 273 cm³/mol. The molecule has 0 fully saturated rings. The van der Waals surface area contributed by atoms with Gasteiger partial charge in [-0.1, -0.05) is 140 Å². The van der Waals surface area contributed by atoms with Crippen LogP contribution >= 0.6 is 0 Å². The van der Waals surface area contributed by atoms with Gasteiger partial charge in [0.15, 0.2) is 0 Å². The second-order valence-corrected chi connectivity index (χ2v) is 17.2. The number of rotatable bonds is 11. The largest absolute Gasteiger partial charge is 0.508 e. The molecule has 0 aliphatic carbocycles. The molecule has 1 atom stereocenters. The van der Waals surface area contributed by atoms with E-state index in [2.05, 4.69) is 36.4 Å². The first-order chi connectivity index (χ1) is 33.5. The molecule has 1 unspecified atom stereocenters. The van der Waals surface area contributed by atoms with Crippen LogP contribution in [0.5, 0.6) is 40.2 Å². The zero-order chi connectivity index (χ0) is 47.6. The van der Waals surface area contributed by atoms with Crippen molar-refractivity contribution in [2.75, 3.05) is 0 Å². The van der Waals surface area contributed by atoms with Crippen molar-refractivity contribution in [1.82, 2.24) is 0 Å². The van der Waals surface area contributed by atoms with Crippen molar-refractivity contribution in [3.8, 4) is 95.9 Å². The number of hydrogen-bond acceptors (Lipinski definition) is 7. The lowest BCUT2D eigenvalue weighted by atomic mass is 9.81. The quantitative estimate of drug-likeness (QED) is 0.0641. The molecule has 0 aliphatic heterocycles. The highest BCUT2D eigenvalue weighted by molar-refractivity contribution is 5.74. The van der Waals surface area contributed by atoms with E-state index < -0.39 is 5.92 Å². The maximum atomic E-state index is 11.6. The molecule has 0 heterocycles. The molecular weight excluding hydrogens is 857 g/mol. The molecule has 10 aromatic carbocycles. The summed E-state index contributed by atoms with van der Waals surface area (Å²) >= 11 is 0. The second-order valence-electron chi connectivity index (χ2n) is 17.2. The molecule has 10 aromatic rings. The van der Waals surface area contributed by atoms with Gasteiger partial charge in [-0.3, -0.25) is 0 Å². The lowest BCUT2D eigenvalue weighted by molar-refractivity contribution is 0.458. The highest BCUT2D eigenvalue weighted by Crippen LogP contribution is 2.45. The Morgan fingerprint density at radius 1 is 0.203 bits per heavy atom. The van der Waals surface area contributed by atoms with Crippen LogP contribution < -0.4 is 0 Å². The summed E-state index contributed by atoms with van der Waals surface area (Å²) in [6.45, 7) is 0. The van der Waals surface area contributed by atoms with Crippen LogP contribution in [-0.2, 0) is 0 Å². The van der Waals surface area contributed by atoms with Gasteiger partial charge in [0, 0.05) is 28.5 Å². The molecule has 0 aliphatic rings. The summed E-state index contributed by atoms with van der Waals surface area (Å²) in [7, 11) is 0. The van der Waals surface area contributed by atoms with E-state index in [9.17, 15) is 35.7 Å². The first kappa shape index (κ1) is 43.7. The van der Waals surface area contributed by atoms with E-state index in [0.717, 1.165) is 72.3 Å². The fourth-order valence-corrected chi connectivity index (χ4v) is 9.22. The highest BCUT2D eigenvalue weighted by Gasteiger charge is 2.26. The van der Waals surface area contributed by atoms with Crippen LogP contribution in [0, 0.1) is 0 Å². The van der Waals surface area contributed by atoms with Gasteiger partial charge in [0.1, 0.15) is 40.2 Å². The smallest absolute Gasteiger partial charge is 0.119 e. The van der Waals surface area contributed by atoms with Crippen molar-refractivity contribution < 1.29 is 35.7 Å². The molecule has 7 N–H and O–H groups in total. The first-order valence-electron chi connectivity index (χ1n) is 22.5. The number of hydrogen-bond donors (Lipinski definition) is 7. The van der Waals surface area contributed by atoms with E-state index in [0.29, 0.717) is 16.7 Å². The number of phenols is 7. The van der Waals surface area contributed by atoms with Crippen LogP contribution in [0.2, 0.25) is 0 Å². The Balaban J connectivity index is 1.04. The molecule has 0 aromatic heterocycles. The summed E-state index contributed by atoms with van der Waals surface area (Å²) < 4.78 is 0. The molecule has 10 rings (SSSR count). The normalized spacial score (nSPS) is 11.7. The molecular formula is C62H46O7. The Morgan fingerprint density at radius 3 is 0.812 bits per heavy atom. The molecule has 0 bridgehead atoms. The molecule has 0 radical (unpaired) electrons. The average molecular weight is 903 g/mol. The van der Waals surface area contributed by atoms with Gasteiger partial charge in [-0.2, -0.15) is 0 Å². The Hall–Kier alpha value is -9.20. The van der Waals surface area contributed by atoms with E-state index in [1.165, 1.54) is 0 Å². The maximum absolute atomic E-state index is 11.6. The summed E-state index contributed by atoms with van der Waals surface area (Å²) in [6.07, 6.45) is 0. The first-order valence-corrected chi connectivity index (χ1v) is 22.5. The molecule has 7 nitrogen and oxygen atoms in total. The van der Waals surface area contributed by atoms with Crippen LogP contribution in [0.25, 0.3) is 55.6 Å². The standard InChI is InChI=1S/C62H46O7/c63-51-23-12-40(13-24-51)46-2-1-3-50(34-46)61(55-35-47(20-31-58(55)67)41-14-25-52(64)26-15-41)44-8-4-38(5-9-44)39-6-10-45(11-7-39)62(56-36-48(21-32-59(56)68)42-16-27-53(65)28-17-42)57-37-49(22-33-60(57)69)43-18-29-54(66)30-19-43/h1-37,61-69H. The SMILES string of the molecule is Oc1ccc(-c2cccc(C(c3ccc(-c4ccc(C(c5cc(-c6ccc(O)cc6)ccc5O)c5cc(-c6ccc(O)cc6)ccc5O)cc4)cc3)c3cc(-c4ccc(O)cc4)ccc3O)c2)cc1. The third-order valence-corrected chi connectivity index (χ3v) is 12.9. The Bertz CT molecular complexity index is 3320. The summed E-state index contributed by atoms with van der Waals surface area (Å²) in [5, 5.41) is 74.8. The van der Waals surface area contributed by atoms with E-state index in [1.54, 1.807) is 66.7 Å². The van der Waals surface area contributed by atoms with Gasteiger partial charge >= 0.3 is 0 Å². The molecule has 0 saturated heterocycles. The molecule has 69 heavy (non-hydrogen) atoms. The third-order valence-electron chi connectivity index (χ3n) is 12.9. The average Bonchev–Trinajstić information content (AvgIpc) is 3.37. The zero-order valence-corrected chi connectivity index (χ0v) is 37.1. The number of phenolic OH excluding ortho intramolecular Hbond substituents is 7. The minimum Gasteiger partial charge on any atom is -0.508 e. The minimum atomic E-state index is -0.612. The van der Waals surface area contributed by atoms with Gasteiger partial charge in [0.05, 0.1) is 0 Å².